The van der Waals surface area contributed by atoms with Crippen LogP contribution in [-0.4, -0.2) is 46.9 Å². The molecule has 0 saturated carbocycles. The summed E-state index contributed by atoms with van der Waals surface area (Å²) in [6, 6.07) is 14.0. The van der Waals surface area contributed by atoms with Crippen LogP contribution in [0.2, 0.25) is 0 Å². The van der Waals surface area contributed by atoms with Crippen LogP contribution in [0.5, 0.6) is 5.75 Å². The lowest BCUT2D eigenvalue weighted by molar-refractivity contribution is 0.102. The summed E-state index contributed by atoms with van der Waals surface area (Å²) >= 11 is 1.05. The fourth-order valence-electron chi connectivity index (χ4n) is 4.44. The molecule has 3 aromatic heterocycles. The number of nitrogens with zero attached hydrogens (tertiary/aromatic N) is 6. The van der Waals surface area contributed by atoms with Gasteiger partial charge in [0.05, 0.1) is 29.5 Å². The Bertz CT molecular complexity index is 1940. The van der Waals surface area contributed by atoms with Crippen molar-refractivity contribution in [2.24, 2.45) is 7.05 Å². The highest BCUT2D eigenvalue weighted by Crippen LogP contribution is 2.25. The number of Topliss-reactive ketones (excluding diaryl/α,β-unsaturated/α-hetero) is 1. The highest BCUT2D eigenvalue weighted by Gasteiger charge is 2.23. The molecule has 0 bridgehead atoms. The summed E-state index contributed by atoms with van der Waals surface area (Å²) in [5.74, 6) is -0.0936. The van der Waals surface area contributed by atoms with Crippen LogP contribution in [0.15, 0.2) is 68.1 Å². The molecule has 0 aliphatic heterocycles. The number of thioether (sulfide) groups is 1. The number of rotatable bonds is 8. The maximum absolute atomic E-state index is 13.5. The number of nitrogens with two attached hydrogens (primary N) is 1. The van der Waals surface area contributed by atoms with Crippen LogP contribution < -0.4 is 27.3 Å². The second-order valence-corrected chi connectivity index (χ2v) is 9.69. The summed E-state index contributed by atoms with van der Waals surface area (Å²) < 4.78 is 10.6. The molecule has 0 amide bonds. The summed E-state index contributed by atoms with van der Waals surface area (Å²) in [5, 5.41) is 9.30. The van der Waals surface area contributed by atoms with Gasteiger partial charge in [-0.25, -0.2) is 9.36 Å². The molecule has 5 rings (SSSR count). The molecule has 0 aliphatic rings. The van der Waals surface area contributed by atoms with Crippen LogP contribution in [-0.2, 0) is 13.6 Å². The monoisotopic (exact) mass is 547 g/mol. The molecule has 0 spiro atoms. The van der Waals surface area contributed by atoms with Gasteiger partial charge in [-0.2, -0.15) is 0 Å². The first-order valence-electron chi connectivity index (χ1n) is 12.1. The smallest absolute Gasteiger partial charge is 0.332 e. The van der Waals surface area contributed by atoms with Gasteiger partial charge in [-0.1, -0.05) is 36.9 Å². The second kappa shape index (κ2) is 10.3. The van der Waals surface area contributed by atoms with Crippen molar-refractivity contribution in [1.29, 1.82) is 0 Å². The van der Waals surface area contributed by atoms with Gasteiger partial charge in [-0.05, 0) is 30.7 Å². The van der Waals surface area contributed by atoms with Crippen LogP contribution in [0, 0.1) is 0 Å². The molecule has 2 N–H and O–H groups in total. The van der Waals surface area contributed by atoms with Gasteiger partial charge in [0.2, 0.25) is 5.78 Å². The normalized spacial score (nSPS) is 11.4. The van der Waals surface area contributed by atoms with E-state index in [0.717, 1.165) is 16.3 Å². The van der Waals surface area contributed by atoms with Crippen molar-refractivity contribution >= 4 is 40.0 Å². The van der Waals surface area contributed by atoms with Gasteiger partial charge in [-0.15, -0.1) is 10.2 Å². The summed E-state index contributed by atoms with van der Waals surface area (Å²) in [6.45, 7) is 2.13. The number of hydrogen-bond donors (Lipinski definition) is 1. The quantitative estimate of drug-likeness (QED) is 0.227. The molecule has 3 heterocycles. The first-order chi connectivity index (χ1) is 18.8. The third-order valence-corrected chi connectivity index (χ3v) is 7.28. The van der Waals surface area contributed by atoms with E-state index in [9.17, 15) is 19.2 Å². The molecule has 12 nitrogen and oxygen atoms in total. The Kier molecular flexibility index (Phi) is 6.83. The van der Waals surface area contributed by atoms with Crippen LogP contribution in [0.3, 0.4) is 0 Å². The molecule has 0 fully saturated rings. The summed E-state index contributed by atoms with van der Waals surface area (Å²) in [5.41, 5.74) is 5.35. The zero-order valence-electron chi connectivity index (χ0n) is 21.5. The Morgan fingerprint density at radius 1 is 1.05 bits per heavy atom. The maximum Gasteiger partial charge on any atom is 0.332 e. The third kappa shape index (κ3) is 4.30. The van der Waals surface area contributed by atoms with Crippen LogP contribution in [0.4, 0.5) is 5.82 Å². The van der Waals surface area contributed by atoms with Gasteiger partial charge in [0.25, 0.3) is 11.1 Å². The molecule has 0 atom stereocenters. The van der Waals surface area contributed by atoms with Gasteiger partial charge >= 0.3 is 5.69 Å². The van der Waals surface area contributed by atoms with E-state index >= 15 is 0 Å². The van der Waals surface area contributed by atoms with Gasteiger partial charge in [0.1, 0.15) is 17.1 Å². The van der Waals surface area contributed by atoms with Crippen molar-refractivity contribution in [1.82, 2.24) is 28.3 Å². The Hall–Kier alpha value is -4.65. The standard InChI is InChI=1S/C26H25N7O5S/c1-4-12-31-21(27)20(23(36)30(2)26(31)37)19(34)14-39-25-29-28-24-32(15-8-7-9-16(13-15)38-3)22(35)17-10-5-6-11-18(17)33(24)25/h5-11,13H,4,12,14,27H2,1-3H3. The highest BCUT2D eigenvalue weighted by molar-refractivity contribution is 7.99. The van der Waals surface area contributed by atoms with Crippen LogP contribution in [0.1, 0.15) is 23.7 Å². The molecular formula is C26H25N7O5S. The average molecular weight is 548 g/mol. The van der Waals surface area contributed by atoms with E-state index in [1.54, 1.807) is 52.9 Å². The number of aromatic nitrogens is 6. The molecule has 2 aromatic carbocycles. The summed E-state index contributed by atoms with van der Waals surface area (Å²) in [4.78, 5) is 52.1. The number of hydrogen-bond acceptors (Lipinski definition) is 9. The summed E-state index contributed by atoms with van der Waals surface area (Å²) in [6.07, 6.45) is 0.596. The fourth-order valence-corrected chi connectivity index (χ4v) is 5.25. The molecule has 39 heavy (non-hydrogen) atoms. The molecule has 5 aromatic rings. The van der Waals surface area contributed by atoms with Gasteiger partial charge in [0, 0.05) is 19.7 Å². The SMILES string of the molecule is CCCn1c(N)c(C(=O)CSc2nnc3n(-c4cccc(OC)c4)c(=O)c4ccccc4n23)c(=O)n(C)c1=O. The predicted molar refractivity (Wildman–Crippen MR) is 148 cm³/mol. The minimum atomic E-state index is -0.751. The van der Waals surface area contributed by atoms with Crippen molar-refractivity contribution < 1.29 is 9.53 Å². The van der Waals surface area contributed by atoms with Crippen molar-refractivity contribution in [2.45, 2.75) is 25.0 Å². The summed E-state index contributed by atoms with van der Waals surface area (Å²) in [7, 11) is 2.85. The maximum atomic E-state index is 13.5. The van der Waals surface area contributed by atoms with Gasteiger partial charge in [-0.3, -0.25) is 27.9 Å². The first kappa shape index (κ1) is 26.0. The van der Waals surface area contributed by atoms with E-state index in [0.29, 0.717) is 33.9 Å². The zero-order chi connectivity index (χ0) is 27.8. The number of benzene rings is 2. The Morgan fingerprint density at radius 2 is 1.82 bits per heavy atom. The van der Waals surface area contributed by atoms with E-state index < -0.39 is 17.0 Å². The minimum Gasteiger partial charge on any atom is -0.497 e. The predicted octanol–water partition coefficient (Wildman–Crippen LogP) is 1.87. The molecular weight excluding hydrogens is 522 g/mol. The minimum absolute atomic E-state index is 0.154. The lowest BCUT2D eigenvalue weighted by Crippen LogP contribution is -2.42. The molecule has 13 heteroatoms. The molecule has 0 unspecified atom stereocenters. The number of ether oxygens (including phenoxy) is 1. The van der Waals surface area contributed by atoms with Gasteiger partial charge in [0.15, 0.2) is 10.9 Å². The molecule has 0 saturated heterocycles. The number of methoxy groups -OCH3 is 1. The second-order valence-electron chi connectivity index (χ2n) is 8.75. The average Bonchev–Trinajstić information content (AvgIpc) is 3.37. The topological polar surface area (TPSA) is 149 Å². The van der Waals surface area contributed by atoms with Crippen molar-refractivity contribution in [3.05, 3.63) is 85.3 Å². The van der Waals surface area contributed by atoms with E-state index in [1.807, 2.05) is 6.92 Å². The lowest BCUT2D eigenvalue weighted by atomic mass is 10.2. The number of ketones is 1. The van der Waals surface area contributed by atoms with Crippen LogP contribution in [0.25, 0.3) is 22.4 Å². The molecule has 0 radical (unpaired) electrons. The van der Waals surface area contributed by atoms with E-state index in [4.69, 9.17) is 10.5 Å². The lowest BCUT2D eigenvalue weighted by Gasteiger charge is -2.14. The van der Waals surface area contributed by atoms with Crippen LogP contribution >= 0.6 is 11.8 Å². The number of carbonyl (C=O) groups excluding carboxylic acids is 1. The van der Waals surface area contributed by atoms with E-state index in [2.05, 4.69) is 10.2 Å². The third-order valence-electron chi connectivity index (χ3n) is 6.35. The van der Waals surface area contributed by atoms with E-state index in [1.165, 1.54) is 23.3 Å². The van der Waals surface area contributed by atoms with Crippen molar-refractivity contribution in [2.75, 3.05) is 18.6 Å². The number of para-hydroxylation sites is 1. The van der Waals surface area contributed by atoms with E-state index in [-0.39, 0.29) is 35.0 Å². The Balaban J connectivity index is 1.62. The molecule has 200 valence electrons. The number of anilines is 1. The molecule has 0 aliphatic carbocycles. The number of nitrogen functional groups attached to an aromatic ring is 1. The first-order valence-corrected chi connectivity index (χ1v) is 13.1. The fraction of sp³-hybridized carbons (Fsp3) is 0.231. The van der Waals surface area contributed by atoms with Crippen molar-refractivity contribution in [3.8, 4) is 11.4 Å². The number of carbonyl (C=O) groups is 1. The Labute approximate surface area is 225 Å². The van der Waals surface area contributed by atoms with Crippen molar-refractivity contribution in [3.63, 3.8) is 0 Å². The number of fused-ring (bicyclic) bond motifs is 3. The highest BCUT2D eigenvalue weighted by atomic mass is 32.2. The zero-order valence-corrected chi connectivity index (χ0v) is 22.3. The largest absolute Gasteiger partial charge is 0.497 e. The van der Waals surface area contributed by atoms with Gasteiger partial charge < -0.3 is 10.5 Å². The Morgan fingerprint density at radius 3 is 2.56 bits per heavy atom.